The van der Waals surface area contributed by atoms with Crippen LogP contribution in [-0.4, -0.2) is 79.3 Å². The third kappa shape index (κ3) is 12.0. The first-order valence-electron chi connectivity index (χ1n) is 28.3. The van der Waals surface area contributed by atoms with E-state index in [0.29, 0.717) is 25.9 Å². The minimum Gasteiger partial charge on any atom is -0.407 e. The minimum absolute atomic E-state index is 0.0575. The number of benzene rings is 6. The van der Waals surface area contributed by atoms with E-state index < -0.39 is 47.9 Å². The van der Waals surface area contributed by atoms with Gasteiger partial charge in [0.2, 0.25) is 0 Å². The molecule has 0 amide bonds. The monoisotopic (exact) mass is 1090 g/mol. The Bertz CT molecular complexity index is 2590. The largest absolute Gasteiger partial charge is 0.407 e. The highest BCUT2D eigenvalue weighted by atomic mass is 28.4. The molecule has 0 aliphatic carbocycles. The predicted octanol–water partition coefficient (Wildman–Crippen LogP) is 11.5. The molecule has 0 bridgehead atoms. The van der Waals surface area contributed by atoms with Gasteiger partial charge in [0.05, 0.1) is 6.10 Å². The van der Waals surface area contributed by atoms with E-state index in [1.54, 1.807) is 6.92 Å². The summed E-state index contributed by atoms with van der Waals surface area (Å²) in [5.41, 5.74) is -2.68. The maximum Gasteiger partial charge on any atom is 0.261 e. The van der Waals surface area contributed by atoms with E-state index in [2.05, 4.69) is 258 Å². The van der Waals surface area contributed by atoms with Crippen LogP contribution in [0.1, 0.15) is 122 Å². The third-order valence-corrected chi connectivity index (χ3v) is 31.8. The van der Waals surface area contributed by atoms with Gasteiger partial charge in [0.1, 0.15) is 11.7 Å². The number of carbonyl (C=O) groups is 1. The van der Waals surface area contributed by atoms with E-state index in [0.717, 1.165) is 33.6 Å². The van der Waals surface area contributed by atoms with Crippen LogP contribution >= 0.6 is 0 Å². The van der Waals surface area contributed by atoms with Gasteiger partial charge in [-0.2, -0.15) is 0 Å². The molecule has 2 heterocycles. The van der Waals surface area contributed by atoms with Gasteiger partial charge < -0.3 is 27.9 Å². The summed E-state index contributed by atoms with van der Waals surface area (Å²) >= 11 is 0. The standard InChI is InChI=1S/C67H88O7Si3/c1-52(48-70-75(62(2,3)4,53-32-19-13-20-33-53)54-34-21-14-22-35-54)59-44-31-46-67(73-59)47-45-60(74-67)61(68)66(12,69)49-65(11,50-71-76(63(5,6)7,55-36-23-15-24-37-55)56-38-25-16-26-39-56)51-72-77(64(8,9)10,57-40-27-17-28-41-57)58-42-29-18-30-43-58/h13-30,32-43,52,59-60,69H,31,44-51H2,1-12H3/t52-,59+,60+,66-,67+/m1/s1. The number of ketones is 1. The van der Waals surface area contributed by atoms with Crippen molar-refractivity contribution >= 4 is 61.9 Å². The van der Waals surface area contributed by atoms with Crippen molar-refractivity contribution in [2.45, 2.75) is 160 Å². The quantitative estimate of drug-likeness (QED) is 0.0763. The summed E-state index contributed by atoms with van der Waals surface area (Å²) < 4.78 is 37.0. The lowest BCUT2D eigenvalue weighted by Crippen LogP contribution is -2.68. The smallest absolute Gasteiger partial charge is 0.261 e. The Hall–Kier alpha value is -4.60. The predicted molar refractivity (Wildman–Crippen MR) is 324 cm³/mol. The number of hydrogen-bond donors (Lipinski definition) is 1. The minimum atomic E-state index is -3.09. The SMILES string of the molecule is C[C@H](CO[Si](c1ccccc1)(c1ccccc1)C(C)(C)C)[C@@H]1CCC[C@]2(CC[C@@H](C(=O)[C@](C)(O)CC(C)(CO[Si](c3ccccc3)(c3ccccc3)C(C)(C)C)CO[Si](c3ccccc3)(c3ccccc3)C(C)(C)C)O2)O1. The van der Waals surface area contributed by atoms with Gasteiger partial charge in [-0.1, -0.05) is 258 Å². The molecule has 2 aliphatic rings. The Labute approximate surface area is 465 Å². The number of rotatable bonds is 20. The molecule has 1 spiro atoms. The molecule has 0 radical (unpaired) electrons. The molecular weight excluding hydrogens is 1000 g/mol. The van der Waals surface area contributed by atoms with Crippen LogP contribution in [0.5, 0.6) is 0 Å². The number of hydrogen-bond acceptors (Lipinski definition) is 7. The van der Waals surface area contributed by atoms with E-state index in [4.69, 9.17) is 22.8 Å². The first-order chi connectivity index (χ1) is 36.4. The van der Waals surface area contributed by atoms with Gasteiger partial charge in [-0.05, 0) is 78.8 Å². The Morgan fingerprint density at radius 2 is 0.831 bits per heavy atom. The normalized spacial score (nSPS) is 20.2. The lowest BCUT2D eigenvalue weighted by atomic mass is 9.77. The first-order valence-corrected chi connectivity index (χ1v) is 34.0. The summed E-state index contributed by atoms with van der Waals surface area (Å²) in [5.74, 6) is -1.19. The maximum absolute atomic E-state index is 15.3. The molecule has 7 nitrogen and oxygen atoms in total. The second-order valence-corrected chi connectivity index (χ2v) is 39.0. The summed E-state index contributed by atoms with van der Waals surface area (Å²) in [5, 5.41) is 19.4. The lowest BCUT2D eigenvalue weighted by Gasteiger charge is -2.48. The molecule has 1 N–H and O–H groups in total. The van der Waals surface area contributed by atoms with Crippen LogP contribution in [0.15, 0.2) is 182 Å². The van der Waals surface area contributed by atoms with Crippen LogP contribution in [0, 0.1) is 11.3 Å². The molecule has 6 aromatic carbocycles. The van der Waals surface area contributed by atoms with Crippen molar-refractivity contribution in [3.63, 3.8) is 0 Å². The summed E-state index contributed by atoms with van der Waals surface area (Å²) in [6.07, 6.45) is 2.62. The van der Waals surface area contributed by atoms with E-state index in [9.17, 15) is 5.11 Å². The Morgan fingerprint density at radius 3 is 1.16 bits per heavy atom. The van der Waals surface area contributed by atoms with Gasteiger partial charge in [0.25, 0.3) is 25.0 Å². The van der Waals surface area contributed by atoms with Crippen molar-refractivity contribution in [1.82, 2.24) is 0 Å². The van der Waals surface area contributed by atoms with Crippen molar-refractivity contribution < 1.29 is 32.7 Å². The number of carbonyl (C=O) groups excluding carboxylic acids is 1. The summed E-state index contributed by atoms with van der Waals surface area (Å²) in [4.78, 5) is 15.3. The lowest BCUT2D eigenvalue weighted by molar-refractivity contribution is -0.277. The van der Waals surface area contributed by atoms with E-state index in [1.807, 2.05) is 0 Å². The summed E-state index contributed by atoms with van der Waals surface area (Å²) in [7, 11) is -8.96. The molecule has 0 saturated carbocycles. The average molecular weight is 1090 g/mol. The zero-order chi connectivity index (χ0) is 55.4. The van der Waals surface area contributed by atoms with Crippen LogP contribution in [0.25, 0.3) is 0 Å². The van der Waals surface area contributed by atoms with Gasteiger partial charge in [-0.3, -0.25) is 4.79 Å². The number of ether oxygens (including phenoxy) is 2. The molecule has 0 aromatic heterocycles. The topological polar surface area (TPSA) is 83.5 Å². The van der Waals surface area contributed by atoms with Gasteiger partial charge in [0, 0.05) is 44.0 Å². The Kier molecular flexibility index (Phi) is 17.7. The van der Waals surface area contributed by atoms with Gasteiger partial charge >= 0.3 is 0 Å². The van der Waals surface area contributed by atoms with Crippen LogP contribution in [0.3, 0.4) is 0 Å². The van der Waals surface area contributed by atoms with E-state index in [1.165, 1.54) is 10.4 Å². The molecule has 77 heavy (non-hydrogen) atoms. The van der Waals surface area contributed by atoms with Gasteiger partial charge in [0.15, 0.2) is 11.6 Å². The maximum atomic E-state index is 15.3. The molecule has 8 rings (SSSR count). The molecule has 2 saturated heterocycles. The molecule has 2 fully saturated rings. The molecule has 10 heteroatoms. The van der Waals surface area contributed by atoms with E-state index in [-0.39, 0.29) is 52.6 Å². The van der Waals surface area contributed by atoms with Crippen molar-refractivity contribution in [3.05, 3.63) is 182 Å². The Balaban J connectivity index is 1.08. The van der Waals surface area contributed by atoms with Gasteiger partial charge in [-0.15, -0.1) is 0 Å². The number of Topliss-reactive ketones (excluding diaryl/α,β-unsaturated/α-hetero) is 1. The molecule has 5 atom stereocenters. The van der Waals surface area contributed by atoms with E-state index >= 15 is 4.79 Å². The summed E-state index contributed by atoms with van der Waals surface area (Å²) in [6.45, 7) is 27.7. The van der Waals surface area contributed by atoms with Crippen LogP contribution in [0.4, 0.5) is 0 Å². The van der Waals surface area contributed by atoms with Crippen molar-refractivity contribution in [1.29, 1.82) is 0 Å². The molecule has 6 aromatic rings. The second-order valence-electron chi connectivity index (χ2n) is 26.1. The highest BCUT2D eigenvalue weighted by molar-refractivity contribution is 7.00. The van der Waals surface area contributed by atoms with Crippen LogP contribution < -0.4 is 31.1 Å². The van der Waals surface area contributed by atoms with Crippen molar-refractivity contribution in [2.24, 2.45) is 11.3 Å². The zero-order valence-electron chi connectivity index (χ0n) is 48.3. The van der Waals surface area contributed by atoms with Gasteiger partial charge in [-0.25, -0.2) is 0 Å². The molecular formula is C67H88O7Si3. The third-order valence-electron chi connectivity index (χ3n) is 16.9. The number of aliphatic hydroxyl groups is 1. The summed E-state index contributed by atoms with van der Waals surface area (Å²) in [6, 6.07) is 64.2. The van der Waals surface area contributed by atoms with Crippen molar-refractivity contribution in [2.75, 3.05) is 19.8 Å². The average Bonchev–Trinajstić information content (AvgIpc) is 3.81. The van der Waals surface area contributed by atoms with Crippen molar-refractivity contribution in [3.8, 4) is 0 Å². The fourth-order valence-corrected chi connectivity index (χ4v) is 27.3. The first kappa shape index (κ1) is 58.5. The second kappa shape index (κ2) is 23.2. The fourth-order valence-electron chi connectivity index (χ4n) is 13.2. The van der Waals surface area contributed by atoms with Crippen LogP contribution in [-0.2, 0) is 27.5 Å². The molecule has 410 valence electrons. The highest BCUT2D eigenvalue weighted by Gasteiger charge is 2.57. The van der Waals surface area contributed by atoms with Crippen LogP contribution in [0.2, 0.25) is 15.1 Å². The Morgan fingerprint density at radius 1 is 0.506 bits per heavy atom. The fraction of sp³-hybridized carbons (Fsp3) is 0.448. The molecule has 0 unspecified atom stereocenters. The highest BCUT2D eigenvalue weighted by Crippen LogP contribution is 2.46. The molecule has 2 aliphatic heterocycles. The zero-order valence-corrected chi connectivity index (χ0v) is 51.3.